The summed E-state index contributed by atoms with van der Waals surface area (Å²) in [6.07, 6.45) is 5.99. The van der Waals surface area contributed by atoms with Crippen LogP contribution < -0.4 is 4.74 Å². The molecule has 0 unspecified atom stereocenters. The van der Waals surface area contributed by atoms with E-state index in [-0.39, 0.29) is 30.9 Å². The number of carbonyl (C=O) groups is 1. The van der Waals surface area contributed by atoms with Crippen LogP contribution in [0.2, 0.25) is 0 Å². The summed E-state index contributed by atoms with van der Waals surface area (Å²) in [6.45, 7) is 6.28. The van der Waals surface area contributed by atoms with E-state index in [1.165, 1.54) is 29.9 Å². The Kier molecular flexibility index (Phi) is 8.17. The third-order valence-corrected chi connectivity index (χ3v) is 7.36. The first kappa shape index (κ1) is 23.9. The number of ether oxygens (including phenoxy) is 1. The molecule has 7 heteroatoms. The Morgan fingerprint density at radius 3 is 3.00 bits per heavy atom. The van der Waals surface area contributed by atoms with Crippen molar-refractivity contribution >= 4 is 17.2 Å². The molecule has 1 saturated carbocycles. The number of halogens is 1. The third kappa shape index (κ3) is 6.65. The van der Waals surface area contributed by atoms with Crippen molar-refractivity contribution in [3.63, 3.8) is 0 Å². The molecule has 0 bridgehead atoms. The van der Waals surface area contributed by atoms with Gasteiger partial charge in [-0.15, -0.1) is 17.9 Å². The van der Waals surface area contributed by atoms with Crippen LogP contribution in [0.15, 0.2) is 48.4 Å². The standard InChI is InChI=1S/C26H33FN2O3S/c1-2-3-6-21(30)16-28(15-19-8-9-19)17-26(31)29-12-10-25-23(11-13-33-25)24(29)18-32-22-7-4-5-20(27)14-22/h2,4-5,7,11,13-14,19,21,24,30H,1,3,6,8-10,12,15-18H2/t21-,24+/m0/s1. The fraction of sp³-hybridized carbons (Fsp3) is 0.500. The summed E-state index contributed by atoms with van der Waals surface area (Å²) >= 11 is 1.71. The Morgan fingerprint density at radius 2 is 2.24 bits per heavy atom. The number of rotatable bonds is 12. The van der Waals surface area contributed by atoms with E-state index in [2.05, 4.69) is 22.9 Å². The molecular weight excluding hydrogens is 439 g/mol. The summed E-state index contributed by atoms with van der Waals surface area (Å²) in [4.78, 5) is 18.8. The molecule has 2 aliphatic rings. The monoisotopic (exact) mass is 472 g/mol. The lowest BCUT2D eigenvalue weighted by Gasteiger charge is -2.37. The first-order valence-corrected chi connectivity index (χ1v) is 12.7. The van der Waals surface area contributed by atoms with Crippen molar-refractivity contribution in [2.45, 2.75) is 44.2 Å². The van der Waals surface area contributed by atoms with Crippen molar-refractivity contribution in [1.82, 2.24) is 9.80 Å². The van der Waals surface area contributed by atoms with Crippen molar-refractivity contribution in [2.75, 3.05) is 32.8 Å². The minimum absolute atomic E-state index is 0.0521. The van der Waals surface area contributed by atoms with Gasteiger partial charge < -0.3 is 14.7 Å². The number of nitrogens with zero attached hydrogens (tertiary/aromatic N) is 2. The van der Waals surface area contributed by atoms with E-state index < -0.39 is 6.10 Å². The van der Waals surface area contributed by atoms with Gasteiger partial charge in [-0.1, -0.05) is 12.1 Å². The predicted octanol–water partition coefficient (Wildman–Crippen LogP) is 4.43. The van der Waals surface area contributed by atoms with Crippen molar-refractivity contribution < 1.29 is 19.0 Å². The molecule has 0 spiro atoms. The normalized spacial score (nSPS) is 18.8. The summed E-state index contributed by atoms with van der Waals surface area (Å²) in [7, 11) is 0. The number of amides is 1. The zero-order valence-electron chi connectivity index (χ0n) is 19.0. The molecule has 1 aromatic carbocycles. The predicted molar refractivity (Wildman–Crippen MR) is 129 cm³/mol. The van der Waals surface area contributed by atoms with Gasteiger partial charge in [-0.3, -0.25) is 9.69 Å². The van der Waals surface area contributed by atoms with Gasteiger partial charge in [-0.05, 0) is 67.2 Å². The zero-order valence-corrected chi connectivity index (χ0v) is 19.8. The molecule has 2 heterocycles. The molecule has 0 saturated heterocycles. The number of hydrogen-bond donors (Lipinski definition) is 1. The van der Waals surface area contributed by atoms with Gasteiger partial charge in [0.2, 0.25) is 5.91 Å². The van der Waals surface area contributed by atoms with Crippen molar-refractivity contribution in [1.29, 1.82) is 0 Å². The molecular formula is C26H33FN2O3S. The summed E-state index contributed by atoms with van der Waals surface area (Å²) in [5.74, 6) is 0.800. The van der Waals surface area contributed by atoms with E-state index in [1.54, 1.807) is 23.5 Å². The number of allylic oxidation sites excluding steroid dienone is 1. The topological polar surface area (TPSA) is 53.0 Å². The summed E-state index contributed by atoms with van der Waals surface area (Å²) < 4.78 is 19.5. The van der Waals surface area contributed by atoms with Crippen LogP contribution in [-0.2, 0) is 11.2 Å². The summed E-state index contributed by atoms with van der Waals surface area (Å²) in [6, 6.07) is 7.97. The Morgan fingerprint density at radius 1 is 1.39 bits per heavy atom. The quantitative estimate of drug-likeness (QED) is 0.465. The Balaban J connectivity index is 1.44. The van der Waals surface area contributed by atoms with E-state index in [0.717, 1.165) is 24.9 Å². The molecule has 5 nitrogen and oxygen atoms in total. The number of thiophene rings is 1. The van der Waals surface area contributed by atoms with Gasteiger partial charge >= 0.3 is 0 Å². The van der Waals surface area contributed by atoms with E-state index in [0.29, 0.717) is 31.2 Å². The fourth-order valence-electron chi connectivity index (χ4n) is 4.46. The van der Waals surface area contributed by atoms with E-state index in [4.69, 9.17) is 4.74 Å². The number of aliphatic hydroxyl groups is 1. The highest BCUT2D eigenvalue weighted by molar-refractivity contribution is 7.10. The minimum atomic E-state index is -0.466. The SMILES string of the molecule is C=CCC[C@H](O)CN(CC(=O)N1CCc2sccc2[C@H]1COc1cccc(F)c1)CC1CC1. The van der Waals surface area contributed by atoms with Gasteiger partial charge in [-0.2, -0.15) is 0 Å². The van der Waals surface area contributed by atoms with E-state index >= 15 is 0 Å². The number of hydrogen-bond acceptors (Lipinski definition) is 5. The zero-order chi connectivity index (χ0) is 23.2. The van der Waals surface area contributed by atoms with Gasteiger partial charge in [0.25, 0.3) is 0 Å². The summed E-state index contributed by atoms with van der Waals surface area (Å²) in [5.41, 5.74) is 1.12. The lowest BCUT2D eigenvalue weighted by molar-refractivity contribution is -0.136. The van der Waals surface area contributed by atoms with Crippen molar-refractivity contribution in [3.8, 4) is 5.75 Å². The number of carbonyl (C=O) groups excluding carboxylic acids is 1. The van der Waals surface area contributed by atoms with E-state index in [9.17, 15) is 14.3 Å². The maximum atomic E-state index is 13.6. The molecule has 1 aromatic heterocycles. The van der Waals surface area contributed by atoms with Gasteiger partial charge in [0, 0.05) is 30.6 Å². The van der Waals surface area contributed by atoms with Crippen LogP contribution in [0.25, 0.3) is 0 Å². The van der Waals surface area contributed by atoms with Crippen LogP contribution in [0.3, 0.4) is 0 Å². The van der Waals surface area contributed by atoms with Gasteiger partial charge in [0.1, 0.15) is 18.2 Å². The largest absolute Gasteiger partial charge is 0.491 e. The molecule has 33 heavy (non-hydrogen) atoms. The molecule has 1 N–H and O–H groups in total. The third-order valence-electron chi connectivity index (χ3n) is 6.36. The van der Waals surface area contributed by atoms with Gasteiger partial charge in [0.05, 0.1) is 18.7 Å². The van der Waals surface area contributed by atoms with Crippen LogP contribution in [0.4, 0.5) is 4.39 Å². The highest BCUT2D eigenvalue weighted by atomic mass is 32.1. The lowest BCUT2D eigenvalue weighted by atomic mass is 10.0. The molecule has 2 aromatic rings. The van der Waals surface area contributed by atoms with Crippen LogP contribution in [0, 0.1) is 11.7 Å². The number of benzene rings is 1. The first-order chi connectivity index (χ1) is 16.0. The molecule has 1 aliphatic carbocycles. The summed E-state index contributed by atoms with van der Waals surface area (Å²) in [5, 5.41) is 12.5. The first-order valence-electron chi connectivity index (χ1n) is 11.8. The molecule has 1 amide bonds. The second kappa shape index (κ2) is 11.3. The van der Waals surface area contributed by atoms with Crippen LogP contribution in [0.1, 0.15) is 42.2 Å². The molecule has 1 aliphatic heterocycles. The van der Waals surface area contributed by atoms with Crippen LogP contribution in [-0.4, -0.2) is 59.7 Å². The molecule has 2 atom stereocenters. The number of fused-ring (bicyclic) bond motifs is 1. The number of aliphatic hydroxyl groups excluding tert-OH is 1. The van der Waals surface area contributed by atoms with Crippen LogP contribution in [0.5, 0.6) is 5.75 Å². The maximum Gasteiger partial charge on any atom is 0.237 e. The Hall–Kier alpha value is -2.22. The maximum absolute atomic E-state index is 13.6. The van der Waals surface area contributed by atoms with Crippen molar-refractivity contribution in [2.24, 2.45) is 5.92 Å². The van der Waals surface area contributed by atoms with Crippen molar-refractivity contribution in [3.05, 3.63) is 64.6 Å². The van der Waals surface area contributed by atoms with Gasteiger partial charge in [-0.25, -0.2) is 4.39 Å². The average Bonchev–Trinajstić information content (AvgIpc) is 3.47. The Labute approximate surface area is 199 Å². The highest BCUT2D eigenvalue weighted by Crippen LogP contribution is 2.34. The smallest absolute Gasteiger partial charge is 0.237 e. The second-order valence-electron chi connectivity index (χ2n) is 9.08. The second-order valence-corrected chi connectivity index (χ2v) is 10.1. The molecule has 0 radical (unpaired) electrons. The minimum Gasteiger partial charge on any atom is -0.491 e. The lowest BCUT2D eigenvalue weighted by Crippen LogP contribution is -2.48. The highest BCUT2D eigenvalue weighted by Gasteiger charge is 2.34. The Bertz CT molecular complexity index is 945. The molecule has 178 valence electrons. The van der Waals surface area contributed by atoms with Crippen LogP contribution >= 0.6 is 11.3 Å². The average molecular weight is 473 g/mol. The van der Waals surface area contributed by atoms with E-state index in [1.807, 2.05) is 11.0 Å². The molecule has 4 rings (SSSR count). The molecule has 1 fully saturated rings. The fourth-order valence-corrected chi connectivity index (χ4v) is 5.39. The van der Waals surface area contributed by atoms with Gasteiger partial charge in [0.15, 0.2) is 0 Å².